The zero-order valence-corrected chi connectivity index (χ0v) is 7.71. The summed E-state index contributed by atoms with van der Waals surface area (Å²) >= 11 is 0. The fraction of sp³-hybridized carbons (Fsp3) is 0.444. The number of aromatic nitrogens is 1. The van der Waals surface area contributed by atoms with Gasteiger partial charge in [0.2, 0.25) is 0 Å². The second kappa shape index (κ2) is 3.29. The second-order valence-electron chi connectivity index (χ2n) is 3.42. The van der Waals surface area contributed by atoms with E-state index in [0.717, 1.165) is 18.9 Å². The summed E-state index contributed by atoms with van der Waals surface area (Å²) in [6, 6.07) is 1.11. The minimum atomic E-state index is -4.45. The number of alkyl halides is 3. The number of hydrogen-bond donors (Lipinski definition) is 1. The van der Waals surface area contributed by atoms with Crippen molar-refractivity contribution in [1.82, 2.24) is 4.98 Å². The number of anilines is 1. The Morgan fingerprint density at radius 3 is 2.60 bits per heavy atom. The Labute approximate surface area is 84.1 Å². The molecule has 1 fully saturated rings. The van der Waals surface area contributed by atoms with Crippen molar-refractivity contribution >= 4 is 5.82 Å². The Morgan fingerprint density at radius 1 is 1.40 bits per heavy atom. The minimum absolute atomic E-state index is 0.0265. The molecular weight excluding hydrogens is 209 g/mol. The van der Waals surface area contributed by atoms with Gasteiger partial charge >= 0.3 is 6.18 Å². The molecule has 0 atom stereocenters. The van der Waals surface area contributed by atoms with Crippen LogP contribution in [0.15, 0.2) is 12.3 Å². The lowest BCUT2D eigenvalue weighted by Gasteiger charge is -2.13. The summed E-state index contributed by atoms with van der Waals surface area (Å²) in [5.41, 5.74) is 4.44. The van der Waals surface area contributed by atoms with E-state index in [2.05, 4.69) is 4.98 Å². The Balaban J connectivity index is 2.34. The van der Waals surface area contributed by atoms with Crippen molar-refractivity contribution < 1.29 is 17.9 Å². The van der Waals surface area contributed by atoms with Crippen LogP contribution in [0.2, 0.25) is 0 Å². The molecule has 0 spiro atoms. The maximum absolute atomic E-state index is 12.5. The highest BCUT2D eigenvalue weighted by molar-refractivity contribution is 5.43. The van der Waals surface area contributed by atoms with Crippen LogP contribution in [-0.2, 0) is 6.18 Å². The highest BCUT2D eigenvalue weighted by Crippen LogP contribution is 2.38. The first-order chi connectivity index (χ1) is 6.97. The molecule has 0 radical (unpaired) electrons. The van der Waals surface area contributed by atoms with Crippen molar-refractivity contribution in [2.24, 2.45) is 0 Å². The van der Waals surface area contributed by atoms with E-state index >= 15 is 0 Å². The third-order valence-electron chi connectivity index (χ3n) is 2.01. The predicted octanol–water partition coefficient (Wildman–Crippen LogP) is 2.22. The number of halogens is 3. The molecule has 3 nitrogen and oxygen atoms in total. The van der Waals surface area contributed by atoms with Crippen LogP contribution in [0.5, 0.6) is 5.75 Å². The summed E-state index contributed by atoms with van der Waals surface area (Å²) in [7, 11) is 0. The number of nitrogen functional groups attached to an aromatic ring is 1. The lowest BCUT2D eigenvalue weighted by Crippen LogP contribution is -2.11. The topological polar surface area (TPSA) is 48.1 Å². The molecule has 1 aromatic rings. The summed E-state index contributed by atoms with van der Waals surface area (Å²) in [5, 5.41) is 0. The molecule has 2 N–H and O–H groups in total. The van der Waals surface area contributed by atoms with Gasteiger partial charge in [0.1, 0.15) is 17.1 Å². The Bertz CT molecular complexity index is 374. The molecule has 2 rings (SSSR count). The fourth-order valence-electron chi connectivity index (χ4n) is 1.13. The Kier molecular flexibility index (Phi) is 2.21. The molecule has 0 aliphatic heterocycles. The van der Waals surface area contributed by atoms with Crippen LogP contribution in [-0.4, -0.2) is 11.1 Å². The van der Waals surface area contributed by atoms with Gasteiger partial charge in [0, 0.05) is 12.3 Å². The van der Waals surface area contributed by atoms with E-state index in [9.17, 15) is 13.2 Å². The molecule has 1 aliphatic carbocycles. The maximum Gasteiger partial charge on any atom is 0.421 e. The molecule has 15 heavy (non-hydrogen) atoms. The molecular formula is C9H9F3N2O. The number of hydrogen-bond acceptors (Lipinski definition) is 3. The van der Waals surface area contributed by atoms with Crippen LogP contribution >= 0.6 is 0 Å². The molecule has 1 saturated carbocycles. The summed E-state index contributed by atoms with van der Waals surface area (Å²) in [6.07, 6.45) is -2.27. The van der Waals surface area contributed by atoms with Crippen molar-refractivity contribution in [2.45, 2.75) is 25.1 Å². The van der Waals surface area contributed by atoms with Gasteiger partial charge in [0.05, 0.1) is 6.10 Å². The average Bonchev–Trinajstić information content (AvgIpc) is 2.85. The molecule has 1 aromatic heterocycles. The first kappa shape index (κ1) is 10.1. The van der Waals surface area contributed by atoms with Gasteiger partial charge in [-0.25, -0.2) is 4.98 Å². The monoisotopic (exact) mass is 218 g/mol. The van der Waals surface area contributed by atoms with Crippen molar-refractivity contribution in [3.8, 4) is 5.75 Å². The largest absolute Gasteiger partial charge is 0.490 e. The van der Waals surface area contributed by atoms with Gasteiger partial charge in [-0.2, -0.15) is 13.2 Å². The highest BCUT2D eigenvalue weighted by Gasteiger charge is 2.36. The molecule has 0 saturated heterocycles. The minimum Gasteiger partial charge on any atom is -0.490 e. The average molecular weight is 218 g/mol. The molecule has 1 aliphatic rings. The lowest BCUT2D eigenvalue weighted by atomic mass is 10.2. The number of rotatable bonds is 2. The molecule has 6 heteroatoms. The summed E-state index contributed by atoms with van der Waals surface area (Å²) in [5.74, 6) is -0.198. The fourth-order valence-corrected chi connectivity index (χ4v) is 1.13. The van der Waals surface area contributed by atoms with Gasteiger partial charge in [0.25, 0.3) is 0 Å². The SMILES string of the molecule is Nc1cc(OC2CC2)c(C(F)(F)F)cn1. The zero-order chi connectivity index (χ0) is 11.1. The molecule has 0 amide bonds. The summed E-state index contributed by atoms with van der Waals surface area (Å²) in [4.78, 5) is 3.41. The number of nitrogens with zero attached hydrogens (tertiary/aromatic N) is 1. The molecule has 0 unspecified atom stereocenters. The van der Waals surface area contributed by atoms with Crippen LogP contribution in [0.4, 0.5) is 19.0 Å². The second-order valence-corrected chi connectivity index (χ2v) is 3.42. The Hall–Kier alpha value is -1.46. The van der Waals surface area contributed by atoms with Gasteiger partial charge in [-0.05, 0) is 12.8 Å². The molecule has 0 aromatic carbocycles. The van der Waals surface area contributed by atoms with E-state index in [-0.39, 0.29) is 17.7 Å². The first-order valence-corrected chi connectivity index (χ1v) is 4.46. The predicted molar refractivity (Wildman–Crippen MR) is 47.3 cm³/mol. The van der Waals surface area contributed by atoms with E-state index in [1.54, 1.807) is 0 Å². The van der Waals surface area contributed by atoms with Gasteiger partial charge in [-0.3, -0.25) is 0 Å². The summed E-state index contributed by atoms with van der Waals surface area (Å²) in [6.45, 7) is 0. The van der Waals surface area contributed by atoms with Crippen LogP contribution in [0, 0.1) is 0 Å². The van der Waals surface area contributed by atoms with Crippen molar-refractivity contribution in [3.05, 3.63) is 17.8 Å². The van der Waals surface area contributed by atoms with E-state index in [1.807, 2.05) is 0 Å². The van der Waals surface area contributed by atoms with E-state index in [0.29, 0.717) is 6.20 Å². The third-order valence-corrected chi connectivity index (χ3v) is 2.01. The number of nitrogens with two attached hydrogens (primary N) is 1. The van der Waals surface area contributed by atoms with Gasteiger partial charge < -0.3 is 10.5 Å². The van der Waals surface area contributed by atoms with Gasteiger partial charge in [-0.15, -0.1) is 0 Å². The highest BCUT2D eigenvalue weighted by atomic mass is 19.4. The normalized spacial score (nSPS) is 16.5. The van der Waals surface area contributed by atoms with Crippen molar-refractivity contribution in [3.63, 3.8) is 0 Å². The van der Waals surface area contributed by atoms with Gasteiger partial charge in [0.15, 0.2) is 0 Å². The first-order valence-electron chi connectivity index (χ1n) is 4.46. The van der Waals surface area contributed by atoms with E-state index in [1.165, 1.54) is 0 Å². The van der Waals surface area contributed by atoms with Crippen LogP contribution in [0.25, 0.3) is 0 Å². The standard InChI is InChI=1S/C9H9F3N2O/c10-9(11,12)6-4-14-8(13)3-7(6)15-5-1-2-5/h3-5H,1-2H2,(H2,13,14). The van der Waals surface area contributed by atoms with E-state index < -0.39 is 11.7 Å². The summed E-state index contributed by atoms with van der Waals surface area (Å²) < 4.78 is 42.6. The van der Waals surface area contributed by atoms with E-state index in [4.69, 9.17) is 10.5 Å². The number of pyridine rings is 1. The van der Waals surface area contributed by atoms with Crippen LogP contribution in [0.1, 0.15) is 18.4 Å². The van der Waals surface area contributed by atoms with Crippen molar-refractivity contribution in [2.75, 3.05) is 5.73 Å². The number of ether oxygens (including phenoxy) is 1. The Morgan fingerprint density at radius 2 is 2.07 bits per heavy atom. The van der Waals surface area contributed by atoms with Crippen molar-refractivity contribution in [1.29, 1.82) is 0 Å². The molecule has 1 heterocycles. The smallest absolute Gasteiger partial charge is 0.421 e. The quantitative estimate of drug-likeness (QED) is 0.827. The maximum atomic E-state index is 12.5. The lowest BCUT2D eigenvalue weighted by molar-refractivity contribution is -0.139. The van der Waals surface area contributed by atoms with Crippen LogP contribution in [0.3, 0.4) is 0 Å². The molecule has 82 valence electrons. The zero-order valence-electron chi connectivity index (χ0n) is 7.71. The van der Waals surface area contributed by atoms with Gasteiger partial charge in [-0.1, -0.05) is 0 Å². The molecule has 0 bridgehead atoms. The third kappa shape index (κ3) is 2.31. The van der Waals surface area contributed by atoms with Crippen LogP contribution < -0.4 is 10.5 Å².